The summed E-state index contributed by atoms with van der Waals surface area (Å²) in [4.78, 5) is 14.4. The minimum Gasteiger partial charge on any atom is -0.444 e. The second-order valence-corrected chi connectivity index (χ2v) is 8.16. The standard InChI is InChI=1S/C20H28ClNO3/c1-7-14(15-8-10-16(21)11-9-15)12-17-13-24-20(5,6)22(17)18(23)25-19(2,3)4/h8-12,17H,7,13H2,1-6H3. The first-order chi connectivity index (χ1) is 11.5. The molecule has 1 heterocycles. The van der Waals surface area contributed by atoms with E-state index in [4.69, 9.17) is 21.1 Å². The number of carbonyl (C=O) groups is 1. The molecule has 5 heteroatoms. The van der Waals surface area contributed by atoms with Crippen LogP contribution in [0.3, 0.4) is 0 Å². The molecule has 0 aromatic heterocycles. The largest absolute Gasteiger partial charge is 0.444 e. The highest BCUT2D eigenvalue weighted by Gasteiger charge is 2.44. The average molecular weight is 366 g/mol. The molecule has 0 N–H and O–H groups in total. The Hall–Kier alpha value is -1.52. The molecule has 1 atom stereocenters. The van der Waals surface area contributed by atoms with Gasteiger partial charge in [-0.15, -0.1) is 0 Å². The van der Waals surface area contributed by atoms with Crippen LogP contribution in [-0.4, -0.2) is 35.0 Å². The Balaban J connectivity index is 2.31. The number of carbonyl (C=O) groups excluding carboxylic acids is 1. The molecule has 0 aliphatic carbocycles. The Morgan fingerprint density at radius 3 is 2.48 bits per heavy atom. The summed E-state index contributed by atoms with van der Waals surface area (Å²) < 4.78 is 11.4. The molecule has 138 valence electrons. The van der Waals surface area contributed by atoms with Gasteiger partial charge in [0.25, 0.3) is 0 Å². The Morgan fingerprint density at radius 2 is 1.96 bits per heavy atom. The van der Waals surface area contributed by atoms with Crippen molar-refractivity contribution in [3.8, 4) is 0 Å². The van der Waals surface area contributed by atoms with E-state index in [1.807, 2.05) is 58.9 Å². The van der Waals surface area contributed by atoms with Gasteiger partial charge in [0.1, 0.15) is 11.3 Å². The number of amides is 1. The van der Waals surface area contributed by atoms with Gasteiger partial charge in [-0.25, -0.2) is 4.79 Å². The first-order valence-corrected chi connectivity index (χ1v) is 9.04. The maximum atomic E-state index is 12.7. The Morgan fingerprint density at radius 1 is 1.36 bits per heavy atom. The summed E-state index contributed by atoms with van der Waals surface area (Å²) in [6, 6.07) is 7.57. The maximum absolute atomic E-state index is 12.7. The van der Waals surface area contributed by atoms with Gasteiger partial charge in [0.15, 0.2) is 0 Å². The molecule has 1 unspecified atom stereocenters. The molecule has 2 rings (SSSR count). The van der Waals surface area contributed by atoms with E-state index >= 15 is 0 Å². The minimum absolute atomic E-state index is 0.171. The summed E-state index contributed by atoms with van der Waals surface area (Å²) in [5.41, 5.74) is 0.994. The molecule has 1 aromatic carbocycles. The predicted octanol–water partition coefficient (Wildman–Crippen LogP) is 5.51. The van der Waals surface area contributed by atoms with Crippen LogP contribution in [0.1, 0.15) is 53.5 Å². The van der Waals surface area contributed by atoms with Crippen LogP contribution < -0.4 is 0 Å². The van der Waals surface area contributed by atoms with E-state index in [9.17, 15) is 4.79 Å². The summed E-state index contributed by atoms with van der Waals surface area (Å²) in [7, 11) is 0. The molecule has 0 radical (unpaired) electrons. The lowest BCUT2D eigenvalue weighted by molar-refractivity contribution is -0.0610. The molecule has 0 spiro atoms. The van der Waals surface area contributed by atoms with E-state index in [2.05, 4.69) is 13.0 Å². The van der Waals surface area contributed by atoms with Crippen molar-refractivity contribution in [3.63, 3.8) is 0 Å². The van der Waals surface area contributed by atoms with Crippen LogP contribution in [0.2, 0.25) is 5.02 Å². The maximum Gasteiger partial charge on any atom is 0.413 e. The van der Waals surface area contributed by atoms with Gasteiger partial charge in [-0.05, 0) is 64.3 Å². The third kappa shape index (κ3) is 4.99. The zero-order valence-corrected chi connectivity index (χ0v) is 16.7. The van der Waals surface area contributed by atoms with Crippen molar-refractivity contribution in [2.24, 2.45) is 0 Å². The lowest BCUT2D eigenvalue weighted by Crippen LogP contribution is -2.49. The van der Waals surface area contributed by atoms with Crippen LogP contribution in [0, 0.1) is 0 Å². The summed E-state index contributed by atoms with van der Waals surface area (Å²) in [6.45, 7) is 11.9. The number of benzene rings is 1. The summed E-state index contributed by atoms with van der Waals surface area (Å²) in [5.74, 6) is 0. The quantitative estimate of drug-likeness (QED) is 0.709. The van der Waals surface area contributed by atoms with Crippen molar-refractivity contribution >= 4 is 23.3 Å². The van der Waals surface area contributed by atoms with Crippen molar-refractivity contribution < 1.29 is 14.3 Å². The number of ether oxygens (including phenoxy) is 2. The minimum atomic E-state index is -0.706. The Labute approximate surface area is 155 Å². The van der Waals surface area contributed by atoms with E-state index in [-0.39, 0.29) is 12.1 Å². The Bertz CT molecular complexity index is 644. The van der Waals surface area contributed by atoms with Crippen molar-refractivity contribution in [2.75, 3.05) is 6.61 Å². The van der Waals surface area contributed by atoms with Crippen molar-refractivity contribution in [1.82, 2.24) is 4.90 Å². The van der Waals surface area contributed by atoms with Crippen LogP contribution in [0.4, 0.5) is 4.79 Å². The molecule has 0 saturated carbocycles. The predicted molar refractivity (Wildman–Crippen MR) is 102 cm³/mol. The molecular formula is C20H28ClNO3. The van der Waals surface area contributed by atoms with Gasteiger partial charge in [-0.3, -0.25) is 4.90 Å². The number of halogens is 1. The van der Waals surface area contributed by atoms with Crippen LogP contribution in [0.15, 0.2) is 30.3 Å². The fourth-order valence-corrected chi connectivity index (χ4v) is 3.06. The van der Waals surface area contributed by atoms with Gasteiger partial charge in [-0.1, -0.05) is 36.7 Å². The van der Waals surface area contributed by atoms with Crippen LogP contribution in [0.25, 0.3) is 5.57 Å². The first kappa shape index (κ1) is 19.8. The third-order valence-corrected chi connectivity index (χ3v) is 4.35. The first-order valence-electron chi connectivity index (χ1n) is 8.66. The van der Waals surface area contributed by atoms with E-state index in [0.717, 1.165) is 17.6 Å². The monoisotopic (exact) mass is 365 g/mol. The SMILES string of the molecule is CCC(=CC1COC(C)(C)N1C(=O)OC(C)(C)C)c1ccc(Cl)cc1. The van der Waals surface area contributed by atoms with Gasteiger partial charge in [-0.2, -0.15) is 0 Å². The van der Waals surface area contributed by atoms with E-state index in [1.165, 1.54) is 0 Å². The number of allylic oxidation sites excluding steroid dienone is 1. The molecule has 25 heavy (non-hydrogen) atoms. The molecule has 1 saturated heterocycles. The van der Waals surface area contributed by atoms with Crippen LogP contribution in [-0.2, 0) is 9.47 Å². The molecule has 4 nitrogen and oxygen atoms in total. The van der Waals surface area contributed by atoms with Gasteiger partial charge >= 0.3 is 6.09 Å². The number of nitrogens with zero attached hydrogens (tertiary/aromatic N) is 1. The molecule has 0 bridgehead atoms. The van der Waals surface area contributed by atoms with E-state index in [1.54, 1.807) is 4.90 Å². The lowest BCUT2D eigenvalue weighted by atomic mass is 10.0. The van der Waals surface area contributed by atoms with E-state index < -0.39 is 11.3 Å². The Kier molecular flexibility index (Phi) is 5.85. The van der Waals surface area contributed by atoms with Gasteiger partial charge < -0.3 is 9.47 Å². The molecule has 1 aliphatic rings. The number of hydrogen-bond donors (Lipinski definition) is 0. The van der Waals surface area contributed by atoms with Crippen LogP contribution >= 0.6 is 11.6 Å². The highest BCUT2D eigenvalue weighted by atomic mass is 35.5. The molecule has 1 aromatic rings. The second-order valence-electron chi connectivity index (χ2n) is 7.73. The fraction of sp³-hybridized carbons (Fsp3) is 0.550. The summed E-state index contributed by atoms with van der Waals surface area (Å²) >= 11 is 5.98. The second kappa shape index (κ2) is 7.38. The molecule has 1 amide bonds. The molecule has 1 aliphatic heterocycles. The third-order valence-electron chi connectivity index (χ3n) is 4.10. The fourth-order valence-electron chi connectivity index (χ4n) is 2.94. The van der Waals surface area contributed by atoms with Crippen molar-refractivity contribution in [1.29, 1.82) is 0 Å². The summed E-state index contributed by atoms with van der Waals surface area (Å²) in [6.07, 6.45) is 2.59. The molecular weight excluding hydrogens is 338 g/mol. The molecule has 1 fully saturated rings. The zero-order chi connectivity index (χ0) is 18.8. The summed E-state index contributed by atoms with van der Waals surface area (Å²) in [5, 5.41) is 0.708. The smallest absolute Gasteiger partial charge is 0.413 e. The number of hydrogen-bond acceptors (Lipinski definition) is 3. The van der Waals surface area contributed by atoms with Gasteiger partial charge in [0, 0.05) is 5.02 Å². The normalized spacial score (nSPS) is 20.7. The number of rotatable bonds is 3. The topological polar surface area (TPSA) is 38.8 Å². The van der Waals surface area contributed by atoms with Gasteiger partial charge in [0.05, 0.1) is 12.6 Å². The average Bonchev–Trinajstić information content (AvgIpc) is 2.78. The van der Waals surface area contributed by atoms with Crippen LogP contribution in [0.5, 0.6) is 0 Å². The zero-order valence-electron chi connectivity index (χ0n) is 15.9. The van der Waals surface area contributed by atoms with Crippen molar-refractivity contribution in [2.45, 2.75) is 65.3 Å². The lowest BCUT2D eigenvalue weighted by Gasteiger charge is -2.34. The van der Waals surface area contributed by atoms with E-state index in [0.29, 0.717) is 11.6 Å². The van der Waals surface area contributed by atoms with Gasteiger partial charge in [0.2, 0.25) is 0 Å². The highest BCUT2D eigenvalue weighted by Crippen LogP contribution is 2.32. The highest BCUT2D eigenvalue weighted by molar-refractivity contribution is 6.30. The van der Waals surface area contributed by atoms with Crippen molar-refractivity contribution in [3.05, 3.63) is 40.9 Å².